The molecule has 0 radical (unpaired) electrons. The maximum atomic E-state index is 11.6. The van der Waals surface area contributed by atoms with Crippen LogP contribution in [0.1, 0.15) is 17.8 Å². The molecule has 12 nitrogen and oxygen atoms in total. The van der Waals surface area contributed by atoms with Gasteiger partial charge in [0.1, 0.15) is 6.42 Å². The van der Waals surface area contributed by atoms with Crippen molar-refractivity contribution in [3.05, 3.63) is 48.6 Å². The van der Waals surface area contributed by atoms with Crippen LogP contribution in [0.15, 0.2) is 37.2 Å². The third-order valence-electron chi connectivity index (χ3n) is 3.23. The fourth-order valence-corrected chi connectivity index (χ4v) is 1.93. The molecule has 2 heterocycles. The maximum Gasteiger partial charge on any atom is 0.328 e. The molecule has 0 unspecified atom stereocenters. The predicted molar refractivity (Wildman–Crippen MR) is 99.6 cm³/mol. The van der Waals surface area contributed by atoms with E-state index in [1.807, 2.05) is 0 Å². The zero-order valence-corrected chi connectivity index (χ0v) is 15.4. The topological polar surface area (TPSA) is 190 Å². The highest BCUT2D eigenvalue weighted by atomic mass is 16.4. The van der Waals surface area contributed by atoms with Gasteiger partial charge >= 0.3 is 11.9 Å². The molecule has 0 aliphatic carbocycles. The van der Waals surface area contributed by atoms with Crippen LogP contribution in [0.3, 0.4) is 0 Å². The van der Waals surface area contributed by atoms with Gasteiger partial charge in [-0.15, -0.1) is 0 Å². The molecule has 0 fully saturated rings. The molecule has 156 valence electrons. The Morgan fingerprint density at radius 3 is 1.55 bits per heavy atom. The number of aromatic amines is 2. The molecule has 0 aromatic carbocycles. The van der Waals surface area contributed by atoms with Crippen molar-refractivity contribution in [2.75, 3.05) is 13.1 Å². The molecular weight excluding hydrogens is 384 g/mol. The van der Waals surface area contributed by atoms with E-state index in [4.69, 9.17) is 10.2 Å². The molecule has 0 aliphatic heterocycles. The average Bonchev–Trinajstić information content (AvgIpc) is 3.34. The number of H-pyrrole nitrogens is 2. The number of carbonyl (C=O) groups is 4. The van der Waals surface area contributed by atoms with Gasteiger partial charge < -0.3 is 30.8 Å². The van der Waals surface area contributed by atoms with E-state index in [9.17, 15) is 19.2 Å². The van der Waals surface area contributed by atoms with Gasteiger partial charge in [-0.2, -0.15) is 0 Å². The summed E-state index contributed by atoms with van der Waals surface area (Å²) in [4.78, 5) is 55.9. The van der Waals surface area contributed by atoms with Crippen LogP contribution in [0.2, 0.25) is 0 Å². The molecular formula is C17H22N6O6. The molecule has 12 heteroatoms. The molecule has 6 N–H and O–H groups in total. The lowest BCUT2D eigenvalue weighted by molar-refractivity contribution is -0.134. The van der Waals surface area contributed by atoms with Crippen molar-refractivity contribution in [3.63, 3.8) is 0 Å². The summed E-state index contributed by atoms with van der Waals surface area (Å²) in [5.74, 6) is -3.08. The summed E-state index contributed by atoms with van der Waals surface area (Å²) in [6.45, 7) is 0.949. The van der Waals surface area contributed by atoms with Gasteiger partial charge in [0, 0.05) is 61.9 Å². The number of hydrogen-bond acceptors (Lipinski definition) is 6. The fraction of sp³-hybridized carbons (Fsp3) is 0.294. The van der Waals surface area contributed by atoms with Crippen molar-refractivity contribution in [2.24, 2.45) is 0 Å². The summed E-state index contributed by atoms with van der Waals surface area (Å²) in [5, 5.41) is 21.0. The van der Waals surface area contributed by atoms with Gasteiger partial charge in [-0.05, 0) is 0 Å². The molecule has 0 saturated heterocycles. The van der Waals surface area contributed by atoms with E-state index in [1.165, 1.54) is 0 Å². The summed E-state index contributed by atoms with van der Waals surface area (Å²) in [7, 11) is 0. The lowest BCUT2D eigenvalue weighted by atomic mass is 10.3. The van der Waals surface area contributed by atoms with Crippen molar-refractivity contribution >= 4 is 23.8 Å². The molecule has 0 bridgehead atoms. The summed E-state index contributed by atoms with van der Waals surface area (Å²) >= 11 is 0. The van der Waals surface area contributed by atoms with Gasteiger partial charge in [0.05, 0.1) is 12.7 Å². The lowest BCUT2D eigenvalue weighted by Gasteiger charge is -2.05. The van der Waals surface area contributed by atoms with Crippen LogP contribution in [0.5, 0.6) is 0 Å². The van der Waals surface area contributed by atoms with Gasteiger partial charge in [0.2, 0.25) is 11.8 Å². The van der Waals surface area contributed by atoms with Crippen LogP contribution in [-0.4, -0.2) is 67.0 Å². The first-order valence-electron chi connectivity index (χ1n) is 8.48. The highest BCUT2D eigenvalue weighted by molar-refractivity contribution is 5.96. The van der Waals surface area contributed by atoms with Gasteiger partial charge in [0.25, 0.3) is 0 Å². The minimum absolute atomic E-state index is 0.161. The highest BCUT2D eigenvalue weighted by Gasteiger charge is 2.08. The maximum absolute atomic E-state index is 11.6. The molecule has 0 saturated carbocycles. The van der Waals surface area contributed by atoms with E-state index < -0.39 is 11.9 Å². The molecule has 0 spiro atoms. The zero-order valence-electron chi connectivity index (χ0n) is 15.4. The number of hydrogen-bond donors (Lipinski definition) is 6. The second-order valence-corrected chi connectivity index (χ2v) is 5.54. The molecule has 0 aliphatic rings. The summed E-state index contributed by atoms with van der Waals surface area (Å²) in [5.41, 5.74) is 1.89. The van der Waals surface area contributed by atoms with Crippen LogP contribution in [-0.2, 0) is 32.0 Å². The van der Waals surface area contributed by atoms with Crippen molar-refractivity contribution in [3.8, 4) is 0 Å². The summed E-state index contributed by atoms with van der Waals surface area (Å²) < 4.78 is 0. The SMILES string of the molecule is O=C(CC(=O)NCCc1cnc[nH]1)NCCc1cnc[nH]1.O=C(O)/C=C\C(=O)O. The van der Waals surface area contributed by atoms with Crippen molar-refractivity contribution in [1.29, 1.82) is 0 Å². The van der Waals surface area contributed by atoms with Crippen LogP contribution in [0.25, 0.3) is 0 Å². The van der Waals surface area contributed by atoms with Crippen LogP contribution < -0.4 is 10.6 Å². The number of aliphatic carboxylic acids is 2. The third-order valence-corrected chi connectivity index (χ3v) is 3.23. The number of rotatable bonds is 10. The smallest absolute Gasteiger partial charge is 0.328 e. The number of nitrogens with one attached hydrogen (secondary N) is 4. The molecule has 2 rings (SSSR count). The number of carboxylic acids is 2. The second-order valence-electron chi connectivity index (χ2n) is 5.54. The van der Waals surface area contributed by atoms with Crippen LogP contribution in [0, 0.1) is 0 Å². The summed E-state index contributed by atoms with van der Waals surface area (Å²) in [6.07, 6.45) is 8.86. The molecule has 2 amide bonds. The number of carboxylic acid groups (broad SMARTS) is 2. The van der Waals surface area contributed by atoms with Crippen molar-refractivity contribution in [2.45, 2.75) is 19.3 Å². The van der Waals surface area contributed by atoms with E-state index in [0.29, 0.717) is 38.1 Å². The monoisotopic (exact) mass is 406 g/mol. The first-order valence-corrected chi connectivity index (χ1v) is 8.48. The number of aromatic nitrogens is 4. The van der Waals surface area contributed by atoms with Gasteiger partial charge in [0.15, 0.2) is 0 Å². The second kappa shape index (κ2) is 13.2. The quantitative estimate of drug-likeness (QED) is 0.219. The predicted octanol–water partition coefficient (Wildman–Crippen LogP) is -0.748. The van der Waals surface area contributed by atoms with Crippen molar-refractivity contribution in [1.82, 2.24) is 30.6 Å². The Morgan fingerprint density at radius 1 is 0.828 bits per heavy atom. The minimum Gasteiger partial charge on any atom is -0.478 e. The largest absolute Gasteiger partial charge is 0.478 e. The molecule has 2 aromatic heterocycles. The minimum atomic E-state index is -1.26. The molecule has 2 aromatic rings. The van der Waals surface area contributed by atoms with E-state index in [1.54, 1.807) is 25.0 Å². The van der Waals surface area contributed by atoms with Crippen LogP contribution in [0.4, 0.5) is 0 Å². The van der Waals surface area contributed by atoms with Gasteiger partial charge in [-0.25, -0.2) is 19.6 Å². The standard InChI is InChI=1S/C13H18N6O2.C4H4O4/c20-12(16-3-1-10-6-14-8-18-10)5-13(21)17-4-2-11-7-15-9-19-11;5-3(6)1-2-4(7)8/h6-9H,1-5H2,(H,14,18)(H,15,19)(H,16,20)(H,17,21);1-2H,(H,5,6)(H,7,8)/b;2-1-. The Bertz CT molecular complexity index is 734. The normalized spacial score (nSPS) is 10.1. The van der Waals surface area contributed by atoms with E-state index >= 15 is 0 Å². The Morgan fingerprint density at radius 2 is 1.24 bits per heavy atom. The van der Waals surface area contributed by atoms with E-state index in [0.717, 1.165) is 11.4 Å². The Kier molecular flexibility index (Phi) is 10.5. The molecule has 0 atom stereocenters. The molecule has 29 heavy (non-hydrogen) atoms. The first-order chi connectivity index (χ1) is 13.9. The fourth-order valence-electron chi connectivity index (χ4n) is 1.93. The number of amides is 2. The Balaban J connectivity index is 0.000000447. The van der Waals surface area contributed by atoms with Crippen LogP contribution >= 0.6 is 0 Å². The Labute approximate surface area is 165 Å². The lowest BCUT2D eigenvalue weighted by Crippen LogP contribution is -2.33. The number of carbonyl (C=O) groups excluding carboxylic acids is 2. The summed E-state index contributed by atoms with van der Waals surface area (Å²) in [6, 6.07) is 0. The van der Waals surface area contributed by atoms with E-state index in [-0.39, 0.29) is 18.2 Å². The van der Waals surface area contributed by atoms with Gasteiger partial charge in [-0.1, -0.05) is 0 Å². The average molecular weight is 406 g/mol. The first kappa shape index (κ1) is 23.1. The Hall–Kier alpha value is -3.96. The van der Waals surface area contributed by atoms with Gasteiger partial charge in [-0.3, -0.25) is 9.59 Å². The zero-order chi connectivity index (χ0) is 21.5. The number of imidazole rings is 2. The van der Waals surface area contributed by atoms with E-state index in [2.05, 4.69) is 30.6 Å². The highest BCUT2D eigenvalue weighted by Crippen LogP contribution is 1.92. The number of nitrogens with zero attached hydrogens (tertiary/aromatic N) is 2. The third kappa shape index (κ3) is 12.1. The van der Waals surface area contributed by atoms with Crippen molar-refractivity contribution < 1.29 is 29.4 Å².